The van der Waals surface area contributed by atoms with Crippen LogP contribution in [-0.4, -0.2) is 23.0 Å². The van der Waals surface area contributed by atoms with Crippen LogP contribution in [0.4, 0.5) is 4.39 Å². The number of nitrogens with zero attached hydrogens (tertiary/aromatic N) is 2. The minimum Gasteiger partial charge on any atom is -0.299 e. The average Bonchev–Trinajstić information content (AvgIpc) is 2.66. The summed E-state index contributed by atoms with van der Waals surface area (Å²) in [5, 5.41) is 0. The van der Waals surface area contributed by atoms with E-state index < -0.39 is 0 Å². The van der Waals surface area contributed by atoms with E-state index in [0.717, 1.165) is 18.7 Å². The van der Waals surface area contributed by atoms with Gasteiger partial charge in [-0.3, -0.25) is 4.90 Å². The van der Waals surface area contributed by atoms with E-state index in [1.54, 1.807) is 12.3 Å². The second kappa shape index (κ2) is 4.36. The van der Waals surface area contributed by atoms with E-state index in [2.05, 4.69) is 25.8 Å². The van der Waals surface area contributed by atoms with Gasteiger partial charge in [0.05, 0.1) is 0 Å². The first-order chi connectivity index (χ1) is 6.77. The topological polar surface area (TPSA) is 16.1 Å². The van der Waals surface area contributed by atoms with Crippen LogP contribution in [0.2, 0.25) is 0 Å². The second-order valence-corrected chi connectivity index (χ2v) is 4.31. The normalized spacial score (nSPS) is 17.6. The minimum atomic E-state index is -0.223. The lowest BCUT2D eigenvalue weighted by Gasteiger charge is -2.14. The van der Waals surface area contributed by atoms with Crippen LogP contribution < -0.4 is 0 Å². The van der Waals surface area contributed by atoms with Crippen molar-refractivity contribution in [3.05, 3.63) is 28.2 Å². The number of aromatic nitrogens is 1. The average molecular weight is 259 g/mol. The SMILES string of the molecule is Fc1c(CN2CCCC2)ccnc1Br. The van der Waals surface area contributed by atoms with E-state index >= 15 is 0 Å². The van der Waals surface area contributed by atoms with Gasteiger partial charge in [0.15, 0.2) is 5.82 Å². The number of hydrogen-bond donors (Lipinski definition) is 0. The van der Waals surface area contributed by atoms with Crippen LogP contribution in [0.3, 0.4) is 0 Å². The molecule has 4 heteroatoms. The van der Waals surface area contributed by atoms with E-state index in [-0.39, 0.29) is 5.82 Å². The molecule has 0 unspecified atom stereocenters. The maximum absolute atomic E-state index is 13.5. The van der Waals surface area contributed by atoms with Gasteiger partial charge in [-0.1, -0.05) is 0 Å². The summed E-state index contributed by atoms with van der Waals surface area (Å²) < 4.78 is 13.8. The van der Waals surface area contributed by atoms with Crippen LogP contribution >= 0.6 is 15.9 Å². The Labute approximate surface area is 91.3 Å². The summed E-state index contributed by atoms with van der Waals surface area (Å²) in [6, 6.07) is 1.75. The Morgan fingerprint density at radius 2 is 2.14 bits per heavy atom. The molecule has 0 N–H and O–H groups in total. The zero-order valence-corrected chi connectivity index (χ0v) is 9.43. The van der Waals surface area contributed by atoms with Gasteiger partial charge in [-0.2, -0.15) is 0 Å². The van der Waals surface area contributed by atoms with Crippen LogP contribution in [0.15, 0.2) is 16.9 Å². The Bertz CT molecular complexity index is 324. The van der Waals surface area contributed by atoms with E-state index in [4.69, 9.17) is 0 Å². The fourth-order valence-electron chi connectivity index (χ4n) is 1.76. The number of likely N-dealkylation sites (tertiary alicyclic amines) is 1. The van der Waals surface area contributed by atoms with Crippen molar-refractivity contribution >= 4 is 15.9 Å². The molecule has 0 amide bonds. The molecule has 0 radical (unpaired) electrons. The lowest BCUT2D eigenvalue weighted by atomic mass is 10.2. The Kier molecular flexibility index (Phi) is 3.13. The highest BCUT2D eigenvalue weighted by Crippen LogP contribution is 2.19. The van der Waals surface area contributed by atoms with Gasteiger partial charge in [0.25, 0.3) is 0 Å². The largest absolute Gasteiger partial charge is 0.299 e. The van der Waals surface area contributed by atoms with Crippen LogP contribution in [0, 0.1) is 5.82 Å². The van der Waals surface area contributed by atoms with E-state index in [0.29, 0.717) is 11.1 Å². The van der Waals surface area contributed by atoms with Gasteiger partial charge in [0.2, 0.25) is 0 Å². The molecule has 14 heavy (non-hydrogen) atoms. The van der Waals surface area contributed by atoms with Gasteiger partial charge in [-0.25, -0.2) is 9.37 Å². The molecule has 76 valence electrons. The molecule has 1 fully saturated rings. The summed E-state index contributed by atoms with van der Waals surface area (Å²) in [6.07, 6.45) is 4.10. The second-order valence-electron chi connectivity index (χ2n) is 3.56. The summed E-state index contributed by atoms with van der Waals surface area (Å²) >= 11 is 3.09. The standard InChI is InChI=1S/C10H12BrFN2/c11-10-9(12)8(3-4-13-10)7-14-5-1-2-6-14/h3-4H,1-2,5-7H2. The van der Waals surface area contributed by atoms with E-state index in [1.165, 1.54) is 12.8 Å². The Morgan fingerprint density at radius 1 is 1.43 bits per heavy atom. The number of pyridine rings is 1. The minimum absolute atomic E-state index is 0.223. The molecule has 0 aliphatic carbocycles. The molecule has 0 bridgehead atoms. The first-order valence-corrected chi connectivity index (χ1v) is 5.58. The molecule has 1 aromatic rings. The van der Waals surface area contributed by atoms with Gasteiger partial charge in [0.1, 0.15) is 4.60 Å². The van der Waals surface area contributed by atoms with Crippen molar-refractivity contribution in [2.75, 3.05) is 13.1 Å². The van der Waals surface area contributed by atoms with E-state index in [9.17, 15) is 4.39 Å². The summed E-state index contributed by atoms with van der Waals surface area (Å²) in [6.45, 7) is 2.87. The molecule has 1 aromatic heterocycles. The van der Waals surface area contributed by atoms with Crippen LogP contribution in [-0.2, 0) is 6.54 Å². The fourth-order valence-corrected chi connectivity index (χ4v) is 2.13. The van der Waals surface area contributed by atoms with Crippen LogP contribution in [0.25, 0.3) is 0 Å². The van der Waals surface area contributed by atoms with Crippen molar-refractivity contribution in [3.63, 3.8) is 0 Å². The van der Waals surface area contributed by atoms with Crippen LogP contribution in [0.1, 0.15) is 18.4 Å². The first-order valence-electron chi connectivity index (χ1n) is 4.78. The van der Waals surface area contributed by atoms with Crippen molar-refractivity contribution in [1.29, 1.82) is 0 Å². The molecule has 0 aromatic carbocycles. The number of rotatable bonds is 2. The van der Waals surface area contributed by atoms with Gasteiger partial charge in [0, 0.05) is 18.3 Å². The highest BCUT2D eigenvalue weighted by molar-refractivity contribution is 9.10. The highest BCUT2D eigenvalue weighted by Gasteiger charge is 2.15. The molecule has 1 aliphatic heterocycles. The maximum Gasteiger partial charge on any atom is 0.160 e. The molecule has 2 heterocycles. The lowest BCUT2D eigenvalue weighted by molar-refractivity contribution is 0.325. The van der Waals surface area contributed by atoms with Gasteiger partial charge in [-0.15, -0.1) is 0 Å². The Morgan fingerprint density at radius 3 is 2.86 bits per heavy atom. The first kappa shape index (κ1) is 10.1. The molecule has 2 nitrogen and oxygen atoms in total. The summed E-state index contributed by atoms with van der Waals surface area (Å²) in [5.74, 6) is -0.223. The smallest absolute Gasteiger partial charge is 0.160 e. The highest BCUT2D eigenvalue weighted by atomic mass is 79.9. The Hall–Kier alpha value is -0.480. The Balaban J connectivity index is 2.11. The van der Waals surface area contributed by atoms with Crippen LogP contribution in [0.5, 0.6) is 0 Å². The third kappa shape index (κ3) is 2.12. The predicted molar refractivity (Wildman–Crippen MR) is 56.4 cm³/mol. The molecular formula is C10H12BrFN2. The third-order valence-corrected chi connectivity index (χ3v) is 3.07. The van der Waals surface area contributed by atoms with Crippen molar-refractivity contribution < 1.29 is 4.39 Å². The predicted octanol–water partition coefficient (Wildman–Crippen LogP) is 2.58. The quantitative estimate of drug-likeness (QED) is 0.759. The summed E-state index contributed by atoms with van der Waals surface area (Å²) in [4.78, 5) is 6.11. The van der Waals surface area contributed by atoms with Gasteiger partial charge >= 0.3 is 0 Å². The summed E-state index contributed by atoms with van der Waals surface area (Å²) in [5.41, 5.74) is 0.730. The van der Waals surface area contributed by atoms with E-state index in [1.807, 2.05) is 0 Å². The molecular weight excluding hydrogens is 247 g/mol. The van der Waals surface area contributed by atoms with Gasteiger partial charge < -0.3 is 0 Å². The monoisotopic (exact) mass is 258 g/mol. The van der Waals surface area contributed by atoms with Crippen molar-refractivity contribution in [1.82, 2.24) is 9.88 Å². The maximum atomic E-state index is 13.5. The molecule has 2 rings (SSSR count). The number of halogens is 2. The zero-order chi connectivity index (χ0) is 9.97. The molecule has 1 aliphatic rings. The molecule has 0 spiro atoms. The van der Waals surface area contributed by atoms with Gasteiger partial charge in [-0.05, 0) is 47.9 Å². The number of hydrogen-bond acceptors (Lipinski definition) is 2. The fraction of sp³-hybridized carbons (Fsp3) is 0.500. The zero-order valence-electron chi connectivity index (χ0n) is 7.84. The lowest BCUT2D eigenvalue weighted by Crippen LogP contribution is -2.19. The summed E-state index contributed by atoms with van der Waals surface area (Å²) in [7, 11) is 0. The molecule has 0 atom stereocenters. The van der Waals surface area contributed by atoms with Crippen molar-refractivity contribution in [2.45, 2.75) is 19.4 Å². The third-order valence-electron chi connectivity index (χ3n) is 2.52. The molecule has 1 saturated heterocycles. The van der Waals surface area contributed by atoms with Crippen molar-refractivity contribution in [3.8, 4) is 0 Å². The molecule has 0 saturated carbocycles. The van der Waals surface area contributed by atoms with Crippen molar-refractivity contribution in [2.24, 2.45) is 0 Å².